The van der Waals surface area contributed by atoms with Crippen LogP contribution in [0.15, 0.2) is 116 Å². The standard InChI is InChI=1S/C36H21N5/c1-2-8-23(9-3-1)40-31-13-12-26-33(25-11-6-15-38-35(25)41-30-14-16-37-20-29(30)39-36(26)41)34(31)28-18-22-17-21-7-4-5-10-24(21)27(22)19-32(28)40/h1-16,18-20H,17H2. The van der Waals surface area contributed by atoms with E-state index in [-0.39, 0.29) is 0 Å². The molecule has 0 saturated heterocycles. The second-order valence-electron chi connectivity index (χ2n) is 10.9. The van der Waals surface area contributed by atoms with E-state index < -0.39 is 0 Å². The van der Waals surface area contributed by atoms with Crippen LogP contribution < -0.4 is 0 Å². The lowest BCUT2D eigenvalue weighted by atomic mass is 9.99. The molecule has 5 aromatic heterocycles. The monoisotopic (exact) mass is 523 g/mol. The molecule has 0 amide bonds. The minimum absolute atomic E-state index is 0.870. The molecule has 9 aromatic rings. The zero-order valence-electron chi connectivity index (χ0n) is 21.9. The first-order chi connectivity index (χ1) is 20.3. The lowest BCUT2D eigenvalue weighted by molar-refractivity contribution is 1.18. The molecule has 0 fully saturated rings. The van der Waals surface area contributed by atoms with Gasteiger partial charge < -0.3 is 4.57 Å². The maximum absolute atomic E-state index is 5.08. The highest BCUT2D eigenvalue weighted by Gasteiger charge is 2.24. The number of para-hydroxylation sites is 1. The molecule has 0 spiro atoms. The van der Waals surface area contributed by atoms with E-state index in [2.05, 4.69) is 98.9 Å². The van der Waals surface area contributed by atoms with Crippen molar-refractivity contribution in [2.45, 2.75) is 6.42 Å². The maximum Gasteiger partial charge on any atom is 0.147 e. The van der Waals surface area contributed by atoms with E-state index in [1.807, 2.05) is 30.7 Å². The molecule has 10 rings (SSSR count). The predicted octanol–water partition coefficient (Wildman–Crippen LogP) is 8.25. The Morgan fingerprint density at radius 1 is 0.585 bits per heavy atom. The molecule has 4 aromatic carbocycles. The average molecular weight is 524 g/mol. The highest BCUT2D eigenvalue weighted by molar-refractivity contribution is 6.30. The summed E-state index contributed by atoms with van der Waals surface area (Å²) in [4.78, 5) is 14.3. The van der Waals surface area contributed by atoms with Gasteiger partial charge in [-0.1, -0.05) is 42.5 Å². The molecule has 5 heteroatoms. The summed E-state index contributed by atoms with van der Waals surface area (Å²) >= 11 is 0. The molecule has 0 N–H and O–H groups in total. The van der Waals surface area contributed by atoms with Crippen molar-refractivity contribution in [2.75, 3.05) is 0 Å². The fourth-order valence-corrected chi connectivity index (χ4v) is 7.16. The summed E-state index contributed by atoms with van der Waals surface area (Å²) in [5, 5.41) is 5.92. The van der Waals surface area contributed by atoms with Gasteiger partial charge in [0.2, 0.25) is 0 Å². The maximum atomic E-state index is 5.08. The minimum atomic E-state index is 0.870. The van der Waals surface area contributed by atoms with E-state index in [1.54, 1.807) is 0 Å². The first-order valence-electron chi connectivity index (χ1n) is 13.9. The van der Waals surface area contributed by atoms with Crippen molar-refractivity contribution in [3.8, 4) is 16.8 Å². The minimum Gasteiger partial charge on any atom is -0.309 e. The summed E-state index contributed by atoms with van der Waals surface area (Å²) in [6.07, 6.45) is 6.49. The SMILES string of the molecule is c1ccc(-n2c3cc4c(cc3c3c5c6cccnc6n6c7ccncc7nc6c5ccc32)Cc2ccccc2-4)cc1. The Morgan fingerprint density at radius 3 is 2.41 bits per heavy atom. The van der Waals surface area contributed by atoms with Gasteiger partial charge in [0.05, 0.1) is 22.7 Å². The fourth-order valence-electron chi connectivity index (χ4n) is 7.16. The van der Waals surface area contributed by atoms with Crippen molar-refractivity contribution in [1.82, 2.24) is 23.9 Å². The molecule has 1 aliphatic carbocycles. The Kier molecular flexibility index (Phi) is 3.92. The summed E-state index contributed by atoms with van der Waals surface area (Å²) in [6.45, 7) is 0. The van der Waals surface area contributed by atoms with Crippen molar-refractivity contribution in [3.63, 3.8) is 0 Å². The molecule has 0 saturated carbocycles. The molecule has 1 aliphatic rings. The van der Waals surface area contributed by atoms with Crippen molar-refractivity contribution < 1.29 is 0 Å². The Labute approximate surface area is 234 Å². The Hall–Kier alpha value is -5.55. The van der Waals surface area contributed by atoms with Gasteiger partial charge in [0.25, 0.3) is 0 Å². The molecule has 0 bridgehead atoms. The van der Waals surface area contributed by atoms with Gasteiger partial charge in [0.1, 0.15) is 16.8 Å². The summed E-state index contributed by atoms with van der Waals surface area (Å²) in [7, 11) is 0. The van der Waals surface area contributed by atoms with Gasteiger partial charge in [0, 0.05) is 45.0 Å². The molecular formula is C36H21N5. The average Bonchev–Trinajstić information content (AvgIpc) is 3.69. The van der Waals surface area contributed by atoms with E-state index in [4.69, 9.17) is 9.97 Å². The molecule has 0 aliphatic heterocycles. The zero-order valence-corrected chi connectivity index (χ0v) is 21.9. The first-order valence-corrected chi connectivity index (χ1v) is 13.9. The topological polar surface area (TPSA) is 48.0 Å². The number of fused-ring (bicyclic) bond motifs is 15. The van der Waals surface area contributed by atoms with Crippen LogP contribution >= 0.6 is 0 Å². The lowest BCUT2D eigenvalue weighted by Gasteiger charge is -2.11. The van der Waals surface area contributed by atoms with Crippen molar-refractivity contribution in [2.24, 2.45) is 0 Å². The Balaban J connectivity index is 1.47. The van der Waals surface area contributed by atoms with E-state index in [1.165, 1.54) is 49.4 Å². The van der Waals surface area contributed by atoms with Crippen LogP contribution in [-0.2, 0) is 6.42 Å². The molecule has 190 valence electrons. The summed E-state index contributed by atoms with van der Waals surface area (Å²) in [5.41, 5.74) is 12.7. The van der Waals surface area contributed by atoms with E-state index in [0.717, 1.165) is 45.2 Å². The highest BCUT2D eigenvalue weighted by Crippen LogP contribution is 2.45. The number of aromatic nitrogens is 5. The molecule has 0 atom stereocenters. The second-order valence-corrected chi connectivity index (χ2v) is 10.9. The van der Waals surface area contributed by atoms with Crippen LogP contribution in [0.25, 0.3) is 77.1 Å². The molecule has 41 heavy (non-hydrogen) atoms. The number of imidazole rings is 1. The molecule has 5 heterocycles. The highest BCUT2D eigenvalue weighted by atomic mass is 15.1. The Morgan fingerprint density at radius 2 is 1.46 bits per heavy atom. The summed E-state index contributed by atoms with van der Waals surface area (Å²) in [5.74, 6) is 0. The van der Waals surface area contributed by atoms with E-state index in [0.29, 0.717) is 0 Å². The van der Waals surface area contributed by atoms with Crippen LogP contribution in [-0.4, -0.2) is 23.9 Å². The van der Waals surface area contributed by atoms with Gasteiger partial charge in [-0.15, -0.1) is 0 Å². The summed E-state index contributed by atoms with van der Waals surface area (Å²) < 4.78 is 4.61. The van der Waals surface area contributed by atoms with Crippen molar-refractivity contribution in [1.29, 1.82) is 0 Å². The number of rotatable bonds is 1. The summed E-state index contributed by atoms with van der Waals surface area (Å²) in [6, 6.07) is 35.1. The molecule has 5 nitrogen and oxygen atoms in total. The molecule has 0 radical (unpaired) electrons. The predicted molar refractivity (Wildman–Crippen MR) is 166 cm³/mol. The van der Waals surface area contributed by atoms with Crippen molar-refractivity contribution >= 4 is 60.3 Å². The quantitative estimate of drug-likeness (QED) is 0.204. The van der Waals surface area contributed by atoms with Crippen molar-refractivity contribution in [3.05, 3.63) is 127 Å². The van der Waals surface area contributed by atoms with Gasteiger partial charge in [-0.2, -0.15) is 0 Å². The number of hydrogen-bond donors (Lipinski definition) is 0. The smallest absolute Gasteiger partial charge is 0.147 e. The van der Waals surface area contributed by atoms with E-state index >= 15 is 0 Å². The number of pyridine rings is 3. The van der Waals surface area contributed by atoms with Gasteiger partial charge in [-0.3, -0.25) is 9.38 Å². The number of hydrogen-bond acceptors (Lipinski definition) is 3. The van der Waals surface area contributed by atoms with Crippen LogP contribution in [0.4, 0.5) is 0 Å². The van der Waals surface area contributed by atoms with Gasteiger partial charge in [0.15, 0.2) is 0 Å². The van der Waals surface area contributed by atoms with Gasteiger partial charge in [-0.25, -0.2) is 9.97 Å². The number of nitrogens with zero attached hydrogens (tertiary/aromatic N) is 5. The van der Waals surface area contributed by atoms with Crippen LogP contribution in [0.1, 0.15) is 11.1 Å². The van der Waals surface area contributed by atoms with Gasteiger partial charge in [-0.05, 0) is 83.3 Å². The molecule has 0 unspecified atom stereocenters. The van der Waals surface area contributed by atoms with E-state index in [9.17, 15) is 0 Å². The third-order valence-electron chi connectivity index (χ3n) is 8.82. The van der Waals surface area contributed by atoms with Crippen LogP contribution in [0.3, 0.4) is 0 Å². The third kappa shape index (κ3) is 2.68. The number of benzene rings is 4. The lowest BCUT2D eigenvalue weighted by Crippen LogP contribution is -1.95. The van der Waals surface area contributed by atoms with Gasteiger partial charge >= 0.3 is 0 Å². The van der Waals surface area contributed by atoms with Crippen LogP contribution in [0, 0.1) is 0 Å². The largest absolute Gasteiger partial charge is 0.309 e. The molecular weight excluding hydrogens is 502 g/mol. The third-order valence-corrected chi connectivity index (χ3v) is 8.82. The Bertz CT molecular complexity index is 2550. The zero-order chi connectivity index (χ0) is 26.7. The first kappa shape index (κ1) is 21.3. The second kappa shape index (κ2) is 7.55. The van der Waals surface area contributed by atoms with Crippen LogP contribution in [0.2, 0.25) is 0 Å². The van der Waals surface area contributed by atoms with Crippen LogP contribution in [0.5, 0.6) is 0 Å². The fraction of sp³-hybridized carbons (Fsp3) is 0.0278. The normalized spacial score (nSPS) is 12.8.